The standard InChI is InChI=1S/C17H23N5O3/c1-8-14(9(2)18-15(8)10(3)24)17(25)19-12-5-11(6-12)16-21-20-13(7-23)22(16)4/h11-12,18,23H,5-7H2,1-4H3,(H,19,25). The summed E-state index contributed by atoms with van der Waals surface area (Å²) in [5.41, 5.74) is 2.44. The van der Waals surface area contributed by atoms with E-state index in [0.29, 0.717) is 28.3 Å². The number of aromatic amines is 1. The van der Waals surface area contributed by atoms with Crippen LogP contribution in [0.5, 0.6) is 0 Å². The monoisotopic (exact) mass is 345 g/mol. The zero-order chi connectivity index (χ0) is 18.3. The molecule has 1 saturated carbocycles. The predicted molar refractivity (Wildman–Crippen MR) is 90.4 cm³/mol. The molecule has 0 atom stereocenters. The number of hydrogen-bond donors (Lipinski definition) is 3. The van der Waals surface area contributed by atoms with Crippen molar-refractivity contribution in [3.8, 4) is 0 Å². The van der Waals surface area contributed by atoms with E-state index in [9.17, 15) is 14.7 Å². The number of aliphatic hydroxyl groups is 1. The molecule has 0 unspecified atom stereocenters. The number of amides is 1. The Labute approximate surface area is 145 Å². The predicted octanol–water partition coefficient (Wildman–Crippen LogP) is 1.13. The van der Waals surface area contributed by atoms with Crippen LogP contribution in [0.4, 0.5) is 0 Å². The third-order valence-corrected chi connectivity index (χ3v) is 5.00. The molecule has 8 heteroatoms. The van der Waals surface area contributed by atoms with E-state index >= 15 is 0 Å². The number of nitrogens with one attached hydrogen (secondary N) is 2. The van der Waals surface area contributed by atoms with Crippen molar-refractivity contribution in [3.05, 3.63) is 34.2 Å². The van der Waals surface area contributed by atoms with Gasteiger partial charge < -0.3 is 20.0 Å². The van der Waals surface area contributed by atoms with E-state index in [0.717, 1.165) is 18.7 Å². The second-order valence-electron chi connectivity index (χ2n) is 6.71. The molecule has 0 saturated heterocycles. The Hall–Kier alpha value is -2.48. The molecule has 8 nitrogen and oxygen atoms in total. The number of Topliss-reactive ketones (excluding diaryl/α,β-unsaturated/α-hetero) is 1. The minimum Gasteiger partial charge on any atom is -0.388 e. The summed E-state index contributed by atoms with van der Waals surface area (Å²) in [6, 6.07) is 0.0706. The summed E-state index contributed by atoms with van der Waals surface area (Å²) in [7, 11) is 1.84. The lowest BCUT2D eigenvalue weighted by molar-refractivity contribution is 0.0905. The maximum Gasteiger partial charge on any atom is 0.253 e. The minimum atomic E-state index is -0.156. The molecule has 25 heavy (non-hydrogen) atoms. The molecule has 3 rings (SSSR count). The number of carbonyl (C=O) groups excluding carboxylic acids is 2. The van der Waals surface area contributed by atoms with Crippen molar-refractivity contribution < 1.29 is 14.7 Å². The molecule has 1 aliphatic rings. The van der Waals surface area contributed by atoms with Gasteiger partial charge in [-0.3, -0.25) is 9.59 Å². The first-order chi connectivity index (χ1) is 11.8. The Bertz CT molecular complexity index is 830. The molecule has 0 spiro atoms. The summed E-state index contributed by atoms with van der Waals surface area (Å²) in [6.45, 7) is 4.93. The van der Waals surface area contributed by atoms with E-state index in [1.807, 2.05) is 11.6 Å². The fourth-order valence-corrected chi connectivity index (χ4v) is 3.52. The van der Waals surface area contributed by atoms with E-state index in [4.69, 9.17) is 0 Å². The Morgan fingerprint density at radius 3 is 2.52 bits per heavy atom. The largest absolute Gasteiger partial charge is 0.388 e. The lowest BCUT2D eigenvalue weighted by atomic mass is 9.79. The van der Waals surface area contributed by atoms with Gasteiger partial charge in [-0.15, -0.1) is 10.2 Å². The highest BCUT2D eigenvalue weighted by atomic mass is 16.3. The van der Waals surface area contributed by atoms with Crippen LogP contribution in [-0.4, -0.2) is 42.6 Å². The first-order valence-corrected chi connectivity index (χ1v) is 8.33. The number of aromatic nitrogens is 4. The minimum absolute atomic E-state index is 0.0706. The molecular weight excluding hydrogens is 322 g/mol. The molecular formula is C17H23N5O3. The number of aliphatic hydroxyl groups excluding tert-OH is 1. The smallest absolute Gasteiger partial charge is 0.253 e. The zero-order valence-corrected chi connectivity index (χ0v) is 14.9. The average molecular weight is 345 g/mol. The van der Waals surface area contributed by atoms with Gasteiger partial charge in [0.25, 0.3) is 5.91 Å². The molecule has 134 valence electrons. The number of hydrogen-bond acceptors (Lipinski definition) is 5. The SMILES string of the molecule is CC(=O)c1[nH]c(C)c(C(=O)NC2CC(c3nnc(CO)n3C)C2)c1C. The zero-order valence-electron chi connectivity index (χ0n) is 14.9. The quantitative estimate of drug-likeness (QED) is 0.703. The molecule has 2 aromatic rings. The third kappa shape index (κ3) is 2.97. The third-order valence-electron chi connectivity index (χ3n) is 5.00. The maximum atomic E-state index is 12.6. The lowest BCUT2D eigenvalue weighted by Crippen LogP contribution is -2.44. The highest BCUT2D eigenvalue weighted by Crippen LogP contribution is 2.36. The Balaban J connectivity index is 1.65. The average Bonchev–Trinajstić information content (AvgIpc) is 3.02. The van der Waals surface area contributed by atoms with Gasteiger partial charge in [0.05, 0.1) is 11.3 Å². The first-order valence-electron chi connectivity index (χ1n) is 8.33. The van der Waals surface area contributed by atoms with Gasteiger partial charge in [-0.1, -0.05) is 0 Å². The number of carbonyl (C=O) groups is 2. The van der Waals surface area contributed by atoms with E-state index in [-0.39, 0.29) is 30.3 Å². The van der Waals surface area contributed by atoms with Gasteiger partial charge in [0.2, 0.25) is 0 Å². The van der Waals surface area contributed by atoms with Crippen molar-refractivity contribution in [1.29, 1.82) is 0 Å². The highest BCUT2D eigenvalue weighted by molar-refractivity contribution is 6.02. The van der Waals surface area contributed by atoms with Gasteiger partial charge in [0, 0.05) is 31.6 Å². The number of aryl methyl sites for hydroxylation is 1. The van der Waals surface area contributed by atoms with Gasteiger partial charge >= 0.3 is 0 Å². The summed E-state index contributed by atoms with van der Waals surface area (Å²) < 4.78 is 1.81. The maximum absolute atomic E-state index is 12.6. The molecule has 1 aliphatic carbocycles. The number of nitrogens with zero attached hydrogens (tertiary/aromatic N) is 3. The van der Waals surface area contributed by atoms with Crippen LogP contribution in [0.25, 0.3) is 0 Å². The van der Waals surface area contributed by atoms with Crippen LogP contribution in [0.15, 0.2) is 0 Å². The van der Waals surface area contributed by atoms with Gasteiger partial charge in [0.15, 0.2) is 11.6 Å². The van der Waals surface area contributed by atoms with Crippen molar-refractivity contribution in [2.45, 2.75) is 52.2 Å². The second kappa shape index (κ2) is 6.44. The van der Waals surface area contributed by atoms with Crippen molar-refractivity contribution >= 4 is 11.7 Å². The number of ketones is 1. The van der Waals surface area contributed by atoms with Crippen LogP contribution in [-0.2, 0) is 13.7 Å². The highest BCUT2D eigenvalue weighted by Gasteiger charge is 2.35. The molecule has 0 aromatic carbocycles. The topological polar surface area (TPSA) is 113 Å². The first kappa shape index (κ1) is 17.3. The fraction of sp³-hybridized carbons (Fsp3) is 0.529. The Morgan fingerprint density at radius 1 is 1.32 bits per heavy atom. The van der Waals surface area contributed by atoms with Gasteiger partial charge in [-0.05, 0) is 32.3 Å². The van der Waals surface area contributed by atoms with Crippen molar-refractivity contribution in [1.82, 2.24) is 25.1 Å². The Kier molecular flexibility index (Phi) is 4.47. The molecule has 3 N–H and O–H groups in total. The number of rotatable bonds is 5. The van der Waals surface area contributed by atoms with Crippen LogP contribution in [0.3, 0.4) is 0 Å². The van der Waals surface area contributed by atoms with E-state index in [2.05, 4.69) is 20.5 Å². The van der Waals surface area contributed by atoms with Crippen LogP contribution in [0, 0.1) is 13.8 Å². The lowest BCUT2D eigenvalue weighted by Gasteiger charge is -2.35. The van der Waals surface area contributed by atoms with E-state index in [1.165, 1.54) is 6.92 Å². The summed E-state index contributed by atoms with van der Waals surface area (Å²) in [5.74, 6) is 1.37. The van der Waals surface area contributed by atoms with E-state index < -0.39 is 0 Å². The van der Waals surface area contributed by atoms with Gasteiger partial charge in [-0.25, -0.2) is 0 Å². The molecule has 1 amide bonds. The van der Waals surface area contributed by atoms with Gasteiger partial charge in [-0.2, -0.15) is 0 Å². The van der Waals surface area contributed by atoms with Crippen LogP contribution >= 0.6 is 0 Å². The van der Waals surface area contributed by atoms with Crippen LogP contribution in [0.1, 0.15) is 69.4 Å². The van der Waals surface area contributed by atoms with Crippen molar-refractivity contribution in [2.24, 2.45) is 7.05 Å². The summed E-state index contributed by atoms with van der Waals surface area (Å²) in [5, 5.41) is 20.3. The van der Waals surface area contributed by atoms with Crippen LogP contribution in [0.2, 0.25) is 0 Å². The molecule has 0 bridgehead atoms. The molecule has 2 aromatic heterocycles. The normalized spacial score (nSPS) is 19.6. The summed E-state index contributed by atoms with van der Waals surface area (Å²) >= 11 is 0. The molecule has 1 fully saturated rings. The van der Waals surface area contributed by atoms with Crippen molar-refractivity contribution in [2.75, 3.05) is 0 Å². The number of H-pyrrole nitrogens is 1. The molecule has 0 radical (unpaired) electrons. The molecule has 0 aliphatic heterocycles. The Morgan fingerprint density at radius 2 is 2.00 bits per heavy atom. The summed E-state index contributed by atoms with van der Waals surface area (Å²) in [6.07, 6.45) is 1.57. The van der Waals surface area contributed by atoms with E-state index in [1.54, 1.807) is 13.8 Å². The molecule has 2 heterocycles. The summed E-state index contributed by atoms with van der Waals surface area (Å²) in [4.78, 5) is 27.2. The fourth-order valence-electron chi connectivity index (χ4n) is 3.52. The van der Waals surface area contributed by atoms with Gasteiger partial charge in [0.1, 0.15) is 12.4 Å². The second-order valence-corrected chi connectivity index (χ2v) is 6.71. The van der Waals surface area contributed by atoms with Crippen LogP contribution < -0.4 is 5.32 Å². The van der Waals surface area contributed by atoms with Crippen molar-refractivity contribution in [3.63, 3.8) is 0 Å².